The summed E-state index contributed by atoms with van der Waals surface area (Å²) >= 11 is 0. The van der Waals surface area contributed by atoms with Gasteiger partial charge >= 0.3 is 0 Å². The summed E-state index contributed by atoms with van der Waals surface area (Å²) in [5, 5.41) is 3.44. The first kappa shape index (κ1) is 15.8. The van der Waals surface area contributed by atoms with Gasteiger partial charge in [0, 0.05) is 37.6 Å². The molecule has 1 amide bonds. The van der Waals surface area contributed by atoms with Gasteiger partial charge in [-0.2, -0.15) is 0 Å². The average molecular weight is 265 g/mol. The fraction of sp³-hybridized carbons (Fsp3) is 0.667. The highest BCUT2D eigenvalue weighted by Crippen LogP contribution is 2.06. The number of nitrogens with one attached hydrogen (secondary N) is 1. The molecule has 0 atom stereocenters. The van der Waals surface area contributed by atoms with Crippen molar-refractivity contribution in [3.8, 4) is 0 Å². The number of amides is 1. The van der Waals surface area contributed by atoms with Crippen molar-refractivity contribution in [1.29, 1.82) is 0 Å². The molecule has 0 spiro atoms. The van der Waals surface area contributed by atoms with Crippen LogP contribution in [0.25, 0.3) is 0 Å². The molecule has 4 heteroatoms. The highest BCUT2D eigenvalue weighted by Gasteiger charge is 2.13. The Morgan fingerprint density at radius 3 is 2.58 bits per heavy atom. The predicted molar refractivity (Wildman–Crippen MR) is 78.9 cm³/mol. The van der Waals surface area contributed by atoms with E-state index in [9.17, 15) is 4.79 Å². The minimum Gasteiger partial charge on any atom is -0.345 e. The molecule has 0 bridgehead atoms. The monoisotopic (exact) mass is 265 g/mol. The van der Waals surface area contributed by atoms with Crippen LogP contribution in [0.1, 0.15) is 40.2 Å². The van der Waals surface area contributed by atoms with Crippen LogP contribution in [-0.2, 0) is 17.9 Å². The second-order valence-electron chi connectivity index (χ2n) is 6.39. The highest BCUT2D eigenvalue weighted by atomic mass is 16.2. The quantitative estimate of drug-likeness (QED) is 0.886. The summed E-state index contributed by atoms with van der Waals surface area (Å²) in [5.74, 6) is 0.140. The first-order valence-corrected chi connectivity index (χ1v) is 6.84. The van der Waals surface area contributed by atoms with Crippen molar-refractivity contribution in [3.63, 3.8) is 0 Å². The Morgan fingerprint density at radius 1 is 1.42 bits per heavy atom. The zero-order chi connectivity index (χ0) is 14.6. The van der Waals surface area contributed by atoms with Gasteiger partial charge in [0.05, 0.1) is 0 Å². The second kappa shape index (κ2) is 6.24. The summed E-state index contributed by atoms with van der Waals surface area (Å²) in [6.07, 6.45) is 4.00. The van der Waals surface area contributed by atoms with Gasteiger partial charge in [-0.3, -0.25) is 4.79 Å². The Labute approximate surface area is 116 Å². The van der Waals surface area contributed by atoms with E-state index < -0.39 is 0 Å². The SMILES string of the molecule is CC(C)N(C)C(=O)Cn1ccc(CNC(C)(C)C)c1. The Hall–Kier alpha value is -1.29. The van der Waals surface area contributed by atoms with Crippen LogP contribution in [0, 0.1) is 0 Å². The van der Waals surface area contributed by atoms with Crippen molar-refractivity contribution in [2.24, 2.45) is 0 Å². The molecule has 0 saturated heterocycles. The van der Waals surface area contributed by atoms with Crippen LogP contribution >= 0.6 is 0 Å². The van der Waals surface area contributed by atoms with Gasteiger partial charge in [-0.1, -0.05) is 0 Å². The maximum Gasteiger partial charge on any atom is 0.242 e. The van der Waals surface area contributed by atoms with E-state index in [2.05, 4.69) is 32.2 Å². The summed E-state index contributed by atoms with van der Waals surface area (Å²) in [7, 11) is 1.85. The number of hydrogen-bond donors (Lipinski definition) is 1. The normalized spacial score (nSPS) is 11.9. The summed E-state index contributed by atoms with van der Waals surface area (Å²) < 4.78 is 1.95. The Balaban J connectivity index is 2.53. The molecule has 1 aromatic rings. The van der Waals surface area contributed by atoms with Crippen molar-refractivity contribution in [2.75, 3.05) is 7.05 Å². The summed E-state index contributed by atoms with van der Waals surface area (Å²) in [6, 6.07) is 2.30. The third-order valence-corrected chi connectivity index (χ3v) is 3.12. The van der Waals surface area contributed by atoms with Crippen LogP contribution in [-0.4, -0.2) is 34.0 Å². The van der Waals surface area contributed by atoms with Crippen LogP contribution in [0.2, 0.25) is 0 Å². The molecule has 1 N–H and O–H groups in total. The fourth-order valence-electron chi connectivity index (χ4n) is 1.62. The Kier molecular flexibility index (Phi) is 5.18. The maximum absolute atomic E-state index is 12.0. The Bertz CT molecular complexity index is 415. The molecule has 0 radical (unpaired) electrons. The average Bonchev–Trinajstić information content (AvgIpc) is 2.72. The van der Waals surface area contributed by atoms with E-state index in [0.717, 1.165) is 6.54 Å². The molecule has 4 nitrogen and oxygen atoms in total. The van der Waals surface area contributed by atoms with E-state index in [0.29, 0.717) is 6.54 Å². The van der Waals surface area contributed by atoms with Crippen molar-refractivity contribution in [3.05, 3.63) is 24.0 Å². The molecular weight excluding hydrogens is 238 g/mol. The molecule has 0 aliphatic carbocycles. The molecule has 0 aromatic carbocycles. The minimum atomic E-state index is 0.107. The van der Waals surface area contributed by atoms with Crippen LogP contribution in [0.3, 0.4) is 0 Å². The third kappa shape index (κ3) is 5.47. The predicted octanol–water partition coefficient (Wildman–Crippen LogP) is 2.24. The molecule has 19 heavy (non-hydrogen) atoms. The molecule has 0 aliphatic heterocycles. The lowest BCUT2D eigenvalue weighted by Gasteiger charge is -2.21. The molecule has 1 heterocycles. The molecular formula is C15H27N3O. The van der Waals surface area contributed by atoms with Gasteiger partial charge in [0.15, 0.2) is 0 Å². The molecule has 1 rings (SSSR count). The van der Waals surface area contributed by atoms with Gasteiger partial charge in [0.2, 0.25) is 5.91 Å². The third-order valence-electron chi connectivity index (χ3n) is 3.12. The van der Waals surface area contributed by atoms with Crippen molar-refractivity contribution < 1.29 is 4.79 Å². The van der Waals surface area contributed by atoms with Gasteiger partial charge in [-0.15, -0.1) is 0 Å². The smallest absolute Gasteiger partial charge is 0.242 e. The van der Waals surface area contributed by atoms with E-state index in [4.69, 9.17) is 0 Å². The number of aromatic nitrogens is 1. The topological polar surface area (TPSA) is 37.3 Å². The van der Waals surface area contributed by atoms with Gasteiger partial charge < -0.3 is 14.8 Å². The van der Waals surface area contributed by atoms with Gasteiger partial charge in [0.25, 0.3) is 0 Å². The standard InChI is InChI=1S/C15H27N3O/c1-12(2)17(6)14(19)11-18-8-7-13(10-18)9-16-15(3,4)5/h7-8,10,12,16H,9,11H2,1-6H3. The number of hydrogen-bond acceptors (Lipinski definition) is 2. The van der Waals surface area contributed by atoms with E-state index >= 15 is 0 Å². The highest BCUT2D eigenvalue weighted by molar-refractivity contribution is 5.76. The van der Waals surface area contributed by atoms with Gasteiger partial charge in [-0.25, -0.2) is 0 Å². The van der Waals surface area contributed by atoms with Crippen LogP contribution < -0.4 is 5.32 Å². The van der Waals surface area contributed by atoms with E-state index in [1.54, 1.807) is 4.90 Å². The lowest BCUT2D eigenvalue weighted by molar-refractivity contribution is -0.131. The van der Waals surface area contributed by atoms with Gasteiger partial charge in [0.1, 0.15) is 6.54 Å². The number of rotatable bonds is 5. The number of likely N-dealkylation sites (N-methyl/N-ethyl adjacent to an activating group) is 1. The first-order valence-electron chi connectivity index (χ1n) is 6.84. The molecule has 108 valence electrons. The number of carbonyl (C=O) groups excluding carboxylic acids is 1. The lowest BCUT2D eigenvalue weighted by atomic mass is 10.1. The Morgan fingerprint density at radius 2 is 2.05 bits per heavy atom. The van der Waals surface area contributed by atoms with Crippen molar-refractivity contribution in [2.45, 2.75) is 59.3 Å². The van der Waals surface area contributed by atoms with E-state index in [-0.39, 0.29) is 17.5 Å². The number of carbonyl (C=O) groups is 1. The zero-order valence-electron chi connectivity index (χ0n) is 13.0. The summed E-state index contributed by atoms with van der Waals surface area (Å²) in [5.41, 5.74) is 1.31. The molecule has 1 aromatic heterocycles. The summed E-state index contributed by atoms with van der Waals surface area (Å²) in [6.45, 7) is 11.7. The number of nitrogens with zero attached hydrogens (tertiary/aromatic N) is 2. The second-order valence-corrected chi connectivity index (χ2v) is 6.39. The molecule has 0 fully saturated rings. The minimum absolute atomic E-state index is 0.107. The van der Waals surface area contributed by atoms with Crippen LogP contribution in [0.4, 0.5) is 0 Å². The van der Waals surface area contributed by atoms with Crippen molar-refractivity contribution in [1.82, 2.24) is 14.8 Å². The van der Waals surface area contributed by atoms with E-state index in [1.165, 1.54) is 5.56 Å². The van der Waals surface area contributed by atoms with E-state index in [1.807, 2.05) is 37.9 Å². The van der Waals surface area contributed by atoms with Crippen LogP contribution in [0.5, 0.6) is 0 Å². The molecule has 0 saturated carbocycles. The first-order chi connectivity index (χ1) is 8.69. The fourth-order valence-corrected chi connectivity index (χ4v) is 1.62. The summed E-state index contributed by atoms with van der Waals surface area (Å²) in [4.78, 5) is 13.7. The maximum atomic E-state index is 12.0. The lowest BCUT2D eigenvalue weighted by Crippen LogP contribution is -2.35. The zero-order valence-corrected chi connectivity index (χ0v) is 13.0. The van der Waals surface area contributed by atoms with Gasteiger partial charge in [-0.05, 0) is 46.2 Å². The largest absolute Gasteiger partial charge is 0.345 e. The molecule has 0 aliphatic rings. The van der Waals surface area contributed by atoms with Crippen LogP contribution in [0.15, 0.2) is 18.5 Å². The molecule has 0 unspecified atom stereocenters. The van der Waals surface area contributed by atoms with Crippen molar-refractivity contribution >= 4 is 5.91 Å².